The van der Waals surface area contributed by atoms with Gasteiger partial charge in [-0.25, -0.2) is 4.79 Å². The van der Waals surface area contributed by atoms with Gasteiger partial charge < -0.3 is 25.2 Å². The maximum atomic E-state index is 12.4. The van der Waals surface area contributed by atoms with Crippen molar-refractivity contribution < 1.29 is 29.0 Å². The summed E-state index contributed by atoms with van der Waals surface area (Å²) < 4.78 is 11.3. The molecule has 1 saturated heterocycles. The number of rotatable bonds is 9. The fraction of sp³-hybridized carbons (Fsp3) is 0.444. The van der Waals surface area contributed by atoms with E-state index < -0.39 is 23.6 Å². The molecule has 8 heteroatoms. The van der Waals surface area contributed by atoms with Crippen molar-refractivity contribution in [2.75, 3.05) is 19.7 Å². The van der Waals surface area contributed by atoms with Crippen LogP contribution in [-0.2, 0) is 19.1 Å². The second-order valence-corrected chi connectivity index (χ2v) is 9.76. The van der Waals surface area contributed by atoms with Crippen LogP contribution in [0.5, 0.6) is 0 Å². The molecule has 1 fully saturated rings. The van der Waals surface area contributed by atoms with Crippen LogP contribution in [0.1, 0.15) is 50.2 Å². The Labute approximate surface area is 205 Å². The summed E-state index contributed by atoms with van der Waals surface area (Å²) in [5.41, 5.74) is 3.75. The summed E-state index contributed by atoms with van der Waals surface area (Å²) in [6.45, 7) is 4.01. The molecule has 2 aromatic rings. The first-order valence-corrected chi connectivity index (χ1v) is 12.0. The number of carboxylic acid groups (broad SMARTS) is 1. The average molecular weight is 481 g/mol. The first-order valence-electron chi connectivity index (χ1n) is 12.0. The molecule has 2 amide bonds. The van der Waals surface area contributed by atoms with Crippen molar-refractivity contribution in [1.29, 1.82) is 0 Å². The highest BCUT2D eigenvalue weighted by Crippen LogP contribution is 2.44. The topological polar surface area (TPSA) is 114 Å². The van der Waals surface area contributed by atoms with Crippen molar-refractivity contribution >= 4 is 18.0 Å². The Balaban J connectivity index is 1.20. The molecule has 0 radical (unpaired) electrons. The molecule has 2 atom stereocenters. The van der Waals surface area contributed by atoms with Gasteiger partial charge in [-0.1, -0.05) is 48.5 Å². The van der Waals surface area contributed by atoms with Crippen molar-refractivity contribution in [3.63, 3.8) is 0 Å². The van der Waals surface area contributed by atoms with Gasteiger partial charge in [-0.15, -0.1) is 0 Å². The number of carbonyl (C=O) groups is 3. The van der Waals surface area contributed by atoms with Crippen LogP contribution in [-0.4, -0.2) is 55.0 Å². The number of aliphatic carboxylic acids is 1. The van der Waals surface area contributed by atoms with E-state index in [4.69, 9.17) is 14.6 Å². The lowest BCUT2D eigenvalue weighted by molar-refractivity contribution is -0.147. The molecule has 0 saturated carbocycles. The predicted molar refractivity (Wildman–Crippen MR) is 130 cm³/mol. The van der Waals surface area contributed by atoms with E-state index in [1.165, 1.54) is 11.1 Å². The van der Waals surface area contributed by atoms with E-state index in [2.05, 4.69) is 34.9 Å². The molecule has 0 bridgehead atoms. The zero-order valence-electron chi connectivity index (χ0n) is 20.1. The lowest BCUT2D eigenvalue weighted by Gasteiger charge is -2.20. The maximum Gasteiger partial charge on any atom is 0.407 e. The van der Waals surface area contributed by atoms with Crippen LogP contribution in [0.3, 0.4) is 0 Å². The first kappa shape index (κ1) is 24.7. The number of amides is 2. The molecule has 8 nitrogen and oxygen atoms in total. The van der Waals surface area contributed by atoms with E-state index in [0.29, 0.717) is 19.3 Å². The molecule has 4 rings (SSSR count). The largest absolute Gasteiger partial charge is 0.481 e. The second kappa shape index (κ2) is 10.5. The van der Waals surface area contributed by atoms with E-state index in [-0.39, 0.29) is 37.6 Å². The summed E-state index contributed by atoms with van der Waals surface area (Å²) in [4.78, 5) is 35.9. The fourth-order valence-electron chi connectivity index (χ4n) is 4.61. The molecular formula is C27H32N2O6. The third-order valence-electron chi connectivity index (χ3n) is 6.85. The summed E-state index contributed by atoms with van der Waals surface area (Å²) in [5.74, 6) is -1.16. The predicted octanol–water partition coefficient (Wildman–Crippen LogP) is 3.69. The van der Waals surface area contributed by atoms with Crippen molar-refractivity contribution in [1.82, 2.24) is 10.6 Å². The van der Waals surface area contributed by atoms with Crippen LogP contribution in [0, 0.1) is 5.41 Å². The Bertz CT molecular complexity index is 1050. The normalized spacial score (nSPS) is 19.0. The summed E-state index contributed by atoms with van der Waals surface area (Å²) >= 11 is 0. The van der Waals surface area contributed by atoms with Crippen molar-refractivity contribution in [2.45, 2.75) is 51.2 Å². The highest BCUT2D eigenvalue weighted by atomic mass is 16.5. The van der Waals surface area contributed by atoms with E-state index in [1.807, 2.05) is 24.3 Å². The Hall–Kier alpha value is -3.39. The van der Waals surface area contributed by atoms with Gasteiger partial charge in [0.15, 0.2) is 0 Å². The third kappa shape index (κ3) is 5.65. The number of alkyl carbamates (subject to hydrolysis) is 1. The van der Waals surface area contributed by atoms with E-state index in [1.54, 1.807) is 13.8 Å². The Morgan fingerprint density at radius 2 is 1.63 bits per heavy atom. The number of ether oxygens (including phenoxy) is 2. The number of hydrogen-bond acceptors (Lipinski definition) is 5. The minimum atomic E-state index is -0.903. The molecule has 1 aliphatic heterocycles. The zero-order valence-corrected chi connectivity index (χ0v) is 20.1. The highest BCUT2D eigenvalue weighted by molar-refractivity contribution is 5.81. The van der Waals surface area contributed by atoms with Crippen LogP contribution < -0.4 is 10.6 Å². The van der Waals surface area contributed by atoms with E-state index in [9.17, 15) is 14.4 Å². The number of fused-ring (bicyclic) bond motifs is 3. The lowest BCUT2D eigenvalue weighted by atomic mass is 9.90. The third-order valence-corrected chi connectivity index (χ3v) is 6.85. The number of carbonyl (C=O) groups excluding carboxylic acids is 2. The molecule has 2 aliphatic rings. The van der Waals surface area contributed by atoms with Crippen molar-refractivity contribution in [2.24, 2.45) is 5.41 Å². The molecule has 1 aliphatic carbocycles. The number of hydrogen-bond donors (Lipinski definition) is 3. The number of carboxylic acids is 1. The standard InChI is InChI=1S/C27H32N2O6/c1-27(2,25(31)32)13-14-28-24(30)23-12-11-17(35-23)15-29-26(33)34-16-22-20-9-5-3-7-18(20)19-8-4-6-10-21(19)22/h3-10,17,22-23H,11-16H2,1-2H3,(H,28,30)(H,29,33)(H,31,32). The van der Waals surface area contributed by atoms with Gasteiger partial charge in [0.25, 0.3) is 0 Å². The molecule has 2 unspecified atom stereocenters. The Kier molecular flexibility index (Phi) is 7.40. The molecule has 1 heterocycles. The van der Waals surface area contributed by atoms with Gasteiger partial charge >= 0.3 is 12.1 Å². The molecule has 2 aromatic carbocycles. The first-order chi connectivity index (χ1) is 16.8. The minimum absolute atomic E-state index is 0.00457. The van der Waals surface area contributed by atoms with Gasteiger partial charge in [-0.3, -0.25) is 9.59 Å². The summed E-state index contributed by atoms with van der Waals surface area (Å²) in [5, 5.41) is 14.7. The Morgan fingerprint density at radius 3 is 2.26 bits per heavy atom. The molecule has 35 heavy (non-hydrogen) atoms. The summed E-state index contributed by atoms with van der Waals surface area (Å²) in [6.07, 6.45) is 0.124. The van der Waals surface area contributed by atoms with Crippen LogP contribution in [0.25, 0.3) is 11.1 Å². The monoisotopic (exact) mass is 480 g/mol. The van der Waals surface area contributed by atoms with Gasteiger partial charge in [0.05, 0.1) is 11.5 Å². The van der Waals surface area contributed by atoms with Gasteiger partial charge in [0.1, 0.15) is 12.7 Å². The summed E-state index contributed by atoms with van der Waals surface area (Å²) in [7, 11) is 0. The number of benzene rings is 2. The van der Waals surface area contributed by atoms with Crippen LogP contribution >= 0.6 is 0 Å². The van der Waals surface area contributed by atoms with Crippen molar-refractivity contribution in [3.8, 4) is 11.1 Å². The van der Waals surface area contributed by atoms with Crippen molar-refractivity contribution in [3.05, 3.63) is 59.7 Å². The van der Waals surface area contributed by atoms with E-state index >= 15 is 0 Å². The molecule has 0 aromatic heterocycles. The SMILES string of the molecule is CC(C)(CCNC(=O)C1CCC(CNC(=O)OCC2c3ccccc3-c3ccccc32)O1)C(=O)O. The van der Waals surface area contributed by atoms with Crippen LogP contribution in [0.4, 0.5) is 4.79 Å². The number of nitrogens with one attached hydrogen (secondary N) is 2. The molecule has 0 spiro atoms. The van der Waals surface area contributed by atoms with Crippen LogP contribution in [0.2, 0.25) is 0 Å². The molecule has 3 N–H and O–H groups in total. The van der Waals surface area contributed by atoms with E-state index in [0.717, 1.165) is 11.1 Å². The average Bonchev–Trinajstić information content (AvgIpc) is 3.44. The van der Waals surface area contributed by atoms with Gasteiger partial charge in [-0.05, 0) is 55.4 Å². The molecular weight excluding hydrogens is 448 g/mol. The minimum Gasteiger partial charge on any atom is -0.481 e. The van der Waals surface area contributed by atoms with Gasteiger partial charge in [0, 0.05) is 19.0 Å². The van der Waals surface area contributed by atoms with Gasteiger partial charge in [-0.2, -0.15) is 0 Å². The Morgan fingerprint density at radius 1 is 1.00 bits per heavy atom. The zero-order chi connectivity index (χ0) is 25.0. The highest BCUT2D eigenvalue weighted by Gasteiger charge is 2.33. The van der Waals surface area contributed by atoms with Gasteiger partial charge in [0.2, 0.25) is 5.91 Å². The molecule has 186 valence electrons. The second-order valence-electron chi connectivity index (χ2n) is 9.76. The quantitative estimate of drug-likeness (QED) is 0.504. The smallest absolute Gasteiger partial charge is 0.407 e. The fourth-order valence-corrected chi connectivity index (χ4v) is 4.61. The summed E-state index contributed by atoms with van der Waals surface area (Å²) in [6, 6.07) is 16.3. The lowest BCUT2D eigenvalue weighted by Crippen LogP contribution is -2.39. The maximum absolute atomic E-state index is 12.4. The van der Waals surface area contributed by atoms with Crippen LogP contribution in [0.15, 0.2) is 48.5 Å².